The maximum atomic E-state index is 12.8. The fourth-order valence-electron chi connectivity index (χ4n) is 6.54. The van der Waals surface area contributed by atoms with E-state index < -0.39 is 43.4 Å². The van der Waals surface area contributed by atoms with Gasteiger partial charge in [-0.3, -0.25) is 4.79 Å². The van der Waals surface area contributed by atoms with Crippen LogP contribution in [0.15, 0.2) is 48.6 Å². The Bertz CT molecular complexity index is 978. The first kappa shape index (κ1) is 51.2. The highest BCUT2D eigenvalue weighted by molar-refractivity contribution is 5.69. The average molecular weight is 779 g/mol. The Balaban J connectivity index is 2.29. The smallest absolute Gasteiger partial charge is 0.306 e. The molecule has 9 nitrogen and oxygen atoms in total. The molecular weight excluding hydrogens is 696 g/mol. The monoisotopic (exact) mass is 779 g/mol. The minimum absolute atomic E-state index is 0.124. The third-order valence-corrected chi connectivity index (χ3v) is 10.0. The van der Waals surface area contributed by atoms with Crippen LogP contribution in [0.1, 0.15) is 174 Å². The van der Waals surface area contributed by atoms with Crippen LogP contribution in [0.3, 0.4) is 0 Å². The van der Waals surface area contributed by atoms with Crippen LogP contribution in [0.25, 0.3) is 0 Å². The second-order valence-electron chi connectivity index (χ2n) is 15.1. The first-order chi connectivity index (χ1) is 26.9. The summed E-state index contributed by atoms with van der Waals surface area (Å²) in [5, 5.41) is 40.1. The predicted molar refractivity (Wildman–Crippen MR) is 224 cm³/mol. The van der Waals surface area contributed by atoms with E-state index in [-0.39, 0.29) is 19.2 Å². The lowest BCUT2D eigenvalue weighted by Gasteiger charge is -2.39. The van der Waals surface area contributed by atoms with Crippen LogP contribution in [-0.2, 0) is 23.7 Å². The van der Waals surface area contributed by atoms with Gasteiger partial charge in [0.05, 0.1) is 19.8 Å². The van der Waals surface area contributed by atoms with Gasteiger partial charge in [0.1, 0.15) is 30.5 Å². The van der Waals surface area contributed by atoms with Crippen LogP contribution < -0.4 is 0 Å². The highest BCUT2D eigenvalue weighted by Crippen LogP contribution is 2.22. The molecule has 1 saturated heterocycles. The van der Waals surface area contributed by atoms with E-state index in [0.717, 1.165) is 70.6 Å². The first-order valence-electron chi connectivity index (χ1n) is 22.2. The summed E-state index contributed by atoms with van der Waals surface area (Å²) in [6, 6.07) is 0. The van der Waals surface area contributed by atoms with Crippen LogP contribution in [-0.4, -0.2) is 89.6 Å². The molecule has 1 heterocycles. The lowest BCUT2D eigenvalue weighted by Crippen LogP contribution is -2.59. The number of allylic oxidation sites excluding steroid dienone is 8. The zero-order valence-electron chi connectivity index (χ0n) is 34.9. The van der Waals surface area contributed by atoms with Gasteiger partial charge in [0.25, 0.3) is 0 Å². The van der Waals surface area contributed by atoms with Crippen molar-refractivity contribution >= 4 is 5.97 Å². The topological polar surface area (TPSA) is 135 Å². The summed E-state index contributed by atoms with van der Waals surface area (Å²) in [4.78, 5) is 12.8. The second-order valence-corrected chi connectivity index (χ2v) is 15.1. The van der Waals surface area contributed by atoms with E-state index in [9.17, 15) is 25.2 Å². The highest BCUT2D eigenvalue weighted by Gasteiger charge is 2.44. The summed E-state index contributed by atoms with van der Waals surface area (Å²) < 4.78 is 22.8. The Kier molecular flexibility index (Phi) is 35.1. The molecule has 1 fully saturated rings. The van der Waals surface area contributed by atoms with Crippen molar-refractivity contribution in [3.05, 3.63) is 48.6 Å². The Labute approximate surface area is 335 Å². The second kappa shape index (κ2) is 37.7. The molecule has 55 heavy (non-hydrogen) atoms. The Hall–Kier alpha value is -1.85. The molecule has 6 unspecified atom stereocenters. The molecule has 0 amide bonds. The van der Waals surface area contributed by atoms with E-state index in [1.807, 2.05) is 0 Å². The SMILES string of the molecule is CC/C=C\C/C=C\C/C=C\C/C=C\CCCCCOCC(COC1OC(CO)C(O)C(O)C1O)OC(=O)CCCCCCCCCCCCCCCCCC. The Morgan fingerprint density at radius 3 is 1.65 bits per heavy atom. The summed E-state index contributed by atoms with van der Waals surface area (Å²) in [5.74, 6) is -0.325. The Morgan fingerprint density at radius 1 is 0.600 bits per heavy atom. The van der Waals surface area contributed by atoms with Gasteiger partial charge >= 0.3 is 5.97 Å². The summed E-state index contributed by atoms with van der Waals surface area (Å²) in [7, 11) is 0. The maximum absolute atomic E-state index is 12.8. The standard InChI is InChI=1S/C46H82O9/c1-3-5-7-9-11-13-15-17-19-21-23-25-27-29-31-33-35-42(48)54-40(39-53-46-45(51)44(50)43(49)41(37-47)55-46)38-52-36-34-32-30-28-26-24-22-20-18-16-14-12-10-8-6-4-2/h6,8,12,14,18,20,24,26,40-41,43-47,49-51H,3-5,7,9-11,13,15-17,19,21-23,25,27-39H2,1-2H3/b8-6-,14-12-,20-18-,26-24-. The molecule has 9 heteroatoms. The summed E-state index contributed by atoms with van der Waals surface area (Å²) in [5.41, 5.74) is 0. The molecule has 1 aliphatic rings. The average Bonchev–Trinajstić information content (AvgIpc) is 3.18. The largest absolute Gasteiger partial charge is 0.457 e. The zero-order valence-corrected chi connectivity index (χ0v) is 34.9. The third kappa shape index (κ3) is 29.1. The van der Waals surface area contributed by atoms with Gasteiger partial charge in [-0.2, -0.15) is 0 Å². The molecule has 0 saturated carbocycles. The van der Waals surface area contributed by atoms with Gasteiger partial charge in [-0.05, 0) is 51.4 Å². The van der Waals surface area contributed by atoms with Gasteiger partial charge in [-0.25, -0.2) is 0 Å². The number of aliphatic hydroxyl groups is 4. The number of hydrogen-bond donors (Lipinski definition) is 4. The first-order valence-corrected chi connectivity index (χ1v) is 22.2. The number of ether oxygens (including phenoxy) is 4. The van der Waals surface area contributed by atoms with Crippen molar-refractivity contribution in [3.63, 3.8) is 0 Å². The van der Waals surface area contributed by atoms with E-state index in [1.165, 1.54) is 83.5 Å². The summed E-state index contributed by atoms with van der Waals surface area (Å²) >= 11 is 0. The van der Waals surface area contributed by atoms with E-state index in [4.69, 9.17) is 18.9 Å². The van der Waals surface area contributed by atoms with Crippen molar-refractivity contribution in [3.8, 4) is 0 Å². The van der Waals surface area contributed by atoms with Gasteiger partial charge in [0.15, 0.2) is 6.29 Å². The van der Waals surface area contributed by atoms with Gasteiger partial charge < -0.3 is 39.4 Å². The van der Waals surface area contributed by atoms with E-state index in [0.29, 0.717) is 13.0 Å². The molecule has 0 aromatic rings. The molecule has 0 aromatic carbocycles. The van der Waals surface area contributed by atoms with Gasteiger partial charge in [-0.15, -0.1) is 0 Å². The molecule has 320 valence electrons. The van der Waals surface area contributed by atoms with E-state index in [2.05, 4.69) is 62.5 Å². The third-order valence-electron chi connectivity index (χ3n) is 10.0. The van der Waals surface area contributed by atoms with Crippen LogP contribution in [0.5, 0.6) is 0 Å². The molecule has 0 radical (unpaired) electrons. The number of carbonyl (C=O) groups excluding carboxylic acids is 1. The van der Waals surface area contributed by atoms with Gasteiger partial charge in [0, 0.05) is 13.0 Å². The highest BCUT2D eigenvalue weighted by atomic mass is 16.7. The molecule has 0 spiro atoms. The predicted octanol–water partition coefficient (Wildman–Crippen LogP) is 9.75. The van der Waals surface area contributed by atoms with Crippen molar-refractivity contribution in [1.29, 1.82) is 0 Å². The molecule has 1 rings (SSSR count). The van der Waals surface area contributed by atoms with Crippen molar-refractivity contribution in [2.45, 2.75) is 211 Å². The maximum Gasteiger partial charge on any atom is 0.306 e. The van der Waals surface area contributed by atoms with E-state index >= 15 is 0 Å². The van der Waals surface area contributed by atoms with E-state index in [1.54, 1.807) is 0 Å². The molecule has 1 aliphatic heterocycles. The molecule has 0 aromatic heterocycles. The minimum Gasteiger partial charge on any atom is -0.457 e. The van der Waals surface area contributed by atoms with Crippen LogP contribution in [0.2, 0.25) is 0 Å². The zero-order chi connectivity index (χ0) is 40.0. The number of rotatable bonds is 37. The Morgan fingerprint density at radius 2 is 1.11 bits per heavy atom. The summed E-state index contributed by atoms with van der Waals surface area (Å²) in [6.45, 7) is 4.37. The normalized spacial score (nSPS) is 21.2. The lowest BCUT2D eigenvalue weighted by molar-refractivity contribution is -0.305. The quantitative estimate of drug-likeness (QED) is 0.0276. The van der Waals surface area contributed by atoms with Crippen molar-refractivity contribution in [2.24, 2.45) is 0 Å². The van der Waals surface area contributed by atoms with Gasteiger partial charge in [-0.1, -0.05) is 165 Å². The van der Waals surface area contributed by atoms with Crippen molar-refractivity contribution in [2.75, 3.05) is 26.4 Å². The number of aliphatic hydroxyl groups excluding tert-OH is 4. The molecular formula is C46H82O9. The molecule has 0 bridgehead atoms. The fourth-order valence-corrected chi connectivity index (χ4v) is 6.54. The number of hydrogen-bond acceptors (Lipinski definition) is 9. The van der Waals surface area contributed by atoms with Gasteiger partial charge in [0.2, 0.25) is 0 Å². The minimum atomic E-state index is -1.54. The number of unbranched alkanes of at least 4 members (excludes halogenated alkanes) is 18. The van der Waals surface area contributed by atoms with Crippen molar-refractivity contribution < 1.29 is 44.2 Å². The van der Waals surface area contributed by atoms with Crippen LogP contribution in [0, 0.1) is 0 Å². The van der Waals surface area contributed by atoms with Crippen LogP contribution >= 0.6 is 0 Å². The lowest BCUT2D eigenvalue weighted by atomic mass is 9.99. The van der Waals surface area contributed by atoms with Crippen LogP contribution in [0.4, 0.5) is 0 Å². The number of esters is 1. The number of carbonyl (C=O) groups is 1. The fraction of sp³-hybridized carbons (Fsp3) is 0.804. The molecule has 6 atom stereocenters. The molecule has 0 aliphatic carbocycles. The van der Waals surface area contributed by atoms with Crippen molar-refractivity contribution in [1.82, 2.24) is 0 Å². The summed E-state index contributed by atoms with van der Waals surface area (Å²) in [6.07, 6.45) is 38.5. The molecule has 4 N–H and O–H groups in total.